The second kappa shape index (κ2) is 8.81. The van der Waals surface area contributed by atoms with E-state index in [1.165, 1.54) is 19.1 Å². The van der Waals surface area contributed by atoms with Crippen LogP contribution in [0.3, 0.4) is 0 Å². The molecule has 0 radical (unpaired) electrons. The van der Waals surface area contributed by atoms with E-state index in [9.17, 15) is 18.0 Å². The molecule has 0 unspecified atom stereocenters. The van der Waals surface area contributed by atoms with Crippen LogP contribution in [0.25, 0.3) is 0 Å². The minimum Gasteiger partial charge on any atom is -0.453 e. The van der Waals surface area contributed by atoms with Gasteiger partial charge in [-0.3, -0.25) is 9.59 Å². The van der Waals surface area contributed by atoms with Gasteiger partial charge in [0.25, 0.3) is 5.91 Å². The van der Waals surface area contributed by atoms with Gasteiger partial charge in [0.1, 0.15) is 0 Å². The molecule has 2 aromatic carbocycles. The number of anilines is 1. The van der Waals surface area contributed by atoms with Crippen LogP contribution in [0.15, 0.2) is 53.4 Å². The van der Waals surface area contributed by atoms with Crippen molar-refractivity contribution in [3.63, 3.8) is 0 Å². The highest BCUT2D eigenvalue weighted by atomic mass is 32.2. The van der Waals surface area contributed by atoms with E-state index in [0.717, 1.165) is 11.1 Å². The van der Waals surface area contributed by atoms with Crippen molar-refractivity contribution in [3.05, 3.63) is 59.7 Å². The van der Waals surface area contributed by atoms with E-state index in [-0.39, 0.29) is 17.1 Å². The molecule has 0 fully saturated rings. The number of hydrogen-bond acceptors (Lipinski definition) is 5. The zero-order chi connectivity index (χ0) is 20.0. The second-order valence-corrected chi connectivity index (χ2v) is 8.48. The Morgan fingerprint density at radius 2 is 1.70 bits per heavy atom. The maximum absolute atomic E-state index is 12.3. The number of amides is 1. The van der Waals surface area contributed by atoms with Gasteiger partial charge in [-0.1, -0.05) is 29.8 Å². The number of ether oxygens (including phenoxy) is 1. The number of benzene rings is 2. The average molecular weight is 389 g/mol. The molecule has 0 aromatic heterocycles. The SMILES string of the molecule is Cc1ccc(S(=O)(=O)CCC(=O)O[C@H](C)C(=O)Nc2cccc(C)c2)cc1. The van der Waals surface area contributed by atoms with Crippen molar-refractivity contribution in [2.24, 2.45) is 0 Å². The summed E-state index contributed by atoms with van der Waals surface area (Å²) in [5.74, 6) is -1.59. The van der Waals surface area contributed by atoms with Gasteiger partial charge in [0.2, 0.25) is 0 Å². The van der Waals surface area contributed by atoms with Crippen LogP contribution in [0.5, 0.6) is 0 Å². The Hall–Kier alpha value is -2.67. The number of nitrogens with one attached hydrogen (secondary N) is 1. The van der Waals surface area contributed by atoms with Gasteiger partial charge in [-0.25, -0.2) is 8.42 Å². The molecule has 0 bridgehead atoms. The van der Waals surface area contributed by atoms with E-state index in [4.69, 9.17) is 4.74 Å². The summed E-state index contributed by atoms with van der Waals surface area (Å²) in [5.41, 5.74) is 2.53. The van der Waals surface area contributed by atoms with Crippen molar-refractivity contribution in [2.75, 3.05) is 11.1 Å². The number of aryl methyl sites for hydroxylation is 2. The predicted molar refractivity (Wildman–Crippen MR) is 103 cm³/mol. The number of carbonyl (C=O) groups is 2. The average Bonchev–Trinajstić information content (AvgIpc) is 2.60. The molecule has 1 atom stereocenters. The predicted octanol–water partition coefficient (Wildman–Crippen LogP) is 3.04. The molecule has 2 rings (SSSR count). The van der Waals surface area contributed by atoms with Gasteiger partial charge >= 0.3 is 5.97 Å². The normalized spacial score (nSPS) is 12.3. The lowest BCUT2D eigenvalue weighted by Crippen LogP contribution is -2.30. The number of hydrogen-bond donors (Lipinski definition) is 1. The molecule has 0 aliphatic rings. The van der Waals surface area contributed by atoms with Crippen LogP contribution in [0.1, 0.15) is 24.5 Å². The van der Waals surface area contributed by atoms with Crippen LogP contribution in [0, 0.1) is 13.8 Å². The molecular weight excluding hydrogens is 366 g/mol. The van der Waals surface area contributed by atoms with Crippen LogP contribution in [0.4, 0.5) is 5.69 Å². The molecule has 27 heavy (non-hydrogen) atoms. The molecule has 0 saturated heterocycles. The van der Waals surface area contributed by atoms with Crippen LogP contribution in [-0.4, -0.2) is 32.2 Å². The Morgan fingerprint density at radius 1 is 1.04 bits per heavy atom. The summed E-state index contributed by atoms with van der Waals surface area (Å²) in [7, 11) is -3.58. The highest BCUT2D eigenvalue weighted by Crippen LogP contribution is 2.14. The van der Waals surface area contributed by atoms with Gasteiger partial charge < -0.3 is 10.1 Å². The first kappa shape index (κ1) is 20.6. The Balaban J connectivity index is 1.87. The van der Waals surface area contributed by atoms with Gasteiger partial charge in [0, 0.05) is 5.69 Å². The summed E-state index contributed by atoms with van der Waals surface area (Å²) in [6, 6.07) is 13.6. The largest absolute Gasteiger partial charge is 0.453 e. The maximum Gasteiger partial charge on any atom is 0.307 e. The third-order valence-electron chi connectivity index (χ3n) is 3.92. The highest BCUT2D eigenvalue weighted by Gasteiger charge is 2.21. The number of esters is 1. The first-order chi connectivity index (χ1) is 12.7. The molecule has 0 spiro atoms. The topological polar surface area (TPSA) is 89.5 Å². The molecule has 1 N–H and O–H groups in total. The van der Waals surface area contributed by atoms with Crippen LogP contribution in [0.2, 0.25) is 0 Å². The molecule has 1 amide bonds. The molecule has 2 aromatic rings. The van der Waals surface area contributed by atoms with Gasteiger partial charge in [-0.15, -0.1) is 0 Å². The second-order valence-electron chi connectivity index (χ2n) is 6.37. The van der Waals surface area contributed by atoms with Crippen LogP contribution < -0.4 is 5.32 Å². The molecule has 7 heteroatoms. The Morgan fingerprint density at radius 3 is 2.33 bits per heavy atom. The van der Waals surface area contributed by atoms with E-state index in [2.05, 4.69) is 5.32 Å². The first-order valence-corrected chi connectivity index (χ1v) is 10.2. The van der Waals surface area contributed by atoms with E-state index in [1.807, 2.05) is 19.9 Å². The van der Waals surface area contributed by atoms with E-state index < -0.39 is 27.8 Å². The molecule has 0 aliphatic carbocycles. The fourth-order valence-corrected chi connectivity index (χ4v) is 3.58. The Labute approximate surface area is 159 Å². The molecule has 6 nitrogen and oxygen atoms in total. The fourth-order valence-electron chi connectivity index (χ4n) is 2.36. The lowest BCUT2D eigenvalue weighted by molar-refractivity contribution is -0.152. The van der Waals surface area contributed by atoms with Crippen LogP contribution >= 0.6 is 0 Å². The summed E-state index contributed by atoms with van der Waals surface area (Å²) in [4.78, 5) is 24.2. The first-order valence-electron chi connectivity index (χ1n) is 8.54. The third kappa shape index (κ3) is 6.21. The lowest BCUT2D eigenvalue weighted by atomic mass is 10.2. The van der Waals surface area contributed by atoms with Crippen molar-refractivity contribution >= 4 is 27.4 Å². The van der Waals surface area contributed by atoms with Gasteiger partial charge in [-0.05, 0) is 50.6 Å². The van der Waals surface area contributed by atoms with Crippen molar-refractivity contribution in [2.45, 2.75) is 38.2 Å². The van der Waals surface area contributed by atoms with Gasteiger partial charge in [0.05, 0.1) is 17.1 Å². The fraction of sp³-hybridized carbons (Fsp3) is 0.300. The number of rotatable bonds is 7. The van der Waals surface area contributed by atoms with Gasteiger partial charge in [0.15, 0.2) is 15.9 Å². The molecule has 0 saturated carbocycles. The molecule has 144 valence electrons. The third-order valence-corrected chi connectivity index (χ3v) is 5.65. The molecule has 0 heterocycles. The standard InChI is InChI=1S/C20H23NO5S/c1-14-7-9-18(10-8-14)27(24,25)12-11-19(22)26-16(3)20(23)21-17-6-4-5-15(2)13-17/h4-10,13,16H,11-12H2,1-3H3,(H,21,23)/t16-/m1/s1. The molecule has 0 aliphatic heterocycles. The highest BCUT2D eigenvalue weighted by molar-refractivity contribution is 7.91. The van der Waals surface area contributed by atoms with Crippen molar-refractivity contribution < 1.29 is 22.7 Å². The van der Waals surface area contributed by atoms with Crippen LogP contribution in [-0.2, 0) is 24.2 Å². The van der Waals surface area contributed by atoms with Crippen molar-refractivity contribution in [1.29, 1.82) is 0 Å². The number of sulfone groups is 1. The zero-order valence-corrected chi connectivity index (χ0v) is 16.4. The van der Waals surface area contributed by atoms with Crippen molar-refractivity contribution in [1.82, 2.24) is 0 Å². The lowest BCUT2D eigenvalue weighted by Gasteiger charge is -2.14. The quantitative estimate of drug-likeness (QED) is 0.735. The monoisotopic (exact) mass is 389 g/mol. The van der Waals surface area contributed by atoms with E-state index >= 15 is 0 Å². The summed E-state index contributed by atoms with van der Waals surface area (Å²) < 4.78 is 29.6. The minimum atomic E-state index is -3.58. The van der Waals surface area contributed by atoms with Gasteiger partial charge in [-0.2, -0.15) is 0 Å². The summed E-state index contributed by atoms with van der Waals surface area (Å²) in [5, 5.41) is 2.66. The minimum absolute atomic E-state index is 0.158. The number of carbonyl (C=O) groups excluding carboxylic acids is 2. The summed E-state index contributed by atoms with van der Waals surface area (Å²) >= 11 is 0. The Kier molecular flexibility index (Phi) is 6.74. The van der Waals surface area contributed by atoms with E-state index in [0.29, 0.717) is 5.69 Å². The smallest absolute Gasteiger partial charge is 0.307 e. The summed E-state index contributed by atoms with van der Waals surface area (Å²) in [6.45, 7) is 5.20. The summed E-state index contributed by atoms with van der Waals surface area (Å²) in [6.07, 6.45) is -1.35. The Bertz CT molecular complexity index is 920. The molecular formula is C20H23NO5S. The van der Waals surface area contributed by atoms with E-state index in [1.54, 1.807) is 30.3 Å². The van der Waals surface area contributed by atoms with Crippen molar-refractivity contribution in [3.8, 4) is 0 Å². The zero-order valence-electron chi connectivity index (χ0n) is 15.6. The maximum atomic E-state index is 12.3.